The Balaban J connectivity index is 2.20. The molecule has 84 valence electrons. The molecule has 0 aromatic carbocycles. The van der Waals surface area contributed by atoms with Crippen LogP contribution in [0.1, 0.15) is 0 Å². The highest BCUT2D eigenvalue weighted by molar-refractivity contribution is 5.54. The van der Waals surface area contributed by atoms with E-state index >= 15 is 0 Å². The summed E-state index contributed by atoms with van der Waals surface area (Å²) < 4.78 is 6.72. The zero-order valence-electron chi connectivity index (χ0n) is 9.11. The van der Waals surface area contributed by atoms with Crippen molar-refractivity contribution in [3.05, 3.63) is 36.5 Å². The van der Waals surface area contributed by atoms with Crippen LogP contribution in [0.25, 0.3) is 17.2 Å². The van der Waals surface area contributed by atoms with Crippen molar-refractivity contribution in [2.75, 3.05) is 7.11 Å². The van der Waals surface area contributed by atoms with Gasteiger partial charge in [0, 0.05) is 12.3 Å². The Bertz CT molecular complexity index is 664. The van der Waals surface area contributed by atoms with Crippen molar-refractivity contribution in [2.24, 2.45) is 0 Å². The van der Waals surface area contributed by atoms with Crippen LogP contribution in [-0.4, -0.2) is 31.9 Å². The van der Waals surface area contributed by atoms with Crippen LogP contribution in [0.3, 0.4) is 0 Å². The van der Waals surface area contributed by atoms with Gasteiger partial charge in [0.25, 0.3) is 0 Å². The van der Waals surface area contributed by atoms with Crippen molar-refractivity contribution >= 4 is 5.65 Å². The number of nitrogens with zero attached hydrogens (tertiary/aromatic N) is 5. The number of rotatable bonds is 2. The fraction of sp³-hybridized carbons (Fsp3) is 0.0909. The summed E-state index contributed by atoms with van der Waals surface area (Å²) in [5.74, 6) is 1.13. The molecular formula is C11H9N5O. The molecule has 0 spiro atoms. The van der Waals surface area contributed by atoms with Gasteiger partial charge in [0.2, 0.25) is 11.7 Å². The minimum absolute atomic E-state index is 0.537. The number of methoxy groups -OCH3 is 1. The highest BCUT2D eigenvalue weighted by Crippen LogP contribution is 2.17. The van der Waals surface area contributed by atoms with E-state index < -0.39 is 0 Å². The number of hydrogen-bond acceptors (Lipinski definition) is 5. The third-order valence-corrected chi connectivity index (χ3v) is 2.34. The van der Waals surface area contributed by atoms with Crippen molar-refractivity contribution in [1.82, 2.24) is 24.8 Å². The normalized spacial score (nSPS) is 10.6. The number of hydrogen-bond donors (Lipinski definition) is 0. The molecule has 0 fully saturated rings. The molecular weight excluding hydrogens is 218 g/mol. The molecule has 0 bridgehead atoms. The Kier molecular flexibility index (Phi) is 2.18. The van der Waals surface area contributed by atoms with Crippen molar-refractivity contribution < 1.29 is 4.74 Å². The van der Waals surface area contributed by atoms with Crippen LogP contribution in [0.4, 0.5) is 0 Å². The molecule has 3 aromatic rings. The van der Waals surface area contributed by atoms with Crippen molar-refractivity contribution in [3.63, 3.8) is 0 Å². The summed E-state index contributed by atoms with van der Waals surface area (Å²) in [5, 5.41) is 12.3. The smallest absolute Gasteiger partial charge is 0.213 e. The minimum atomic E-state index is 0.537. The van der Waals surface area contributed by atoms with E-state index in [1.807, 2.05) is 24.3 Å². The fourth-order valence-corrected chi connectivity index (χ4v) is 1.56. The summed E-state index contributed by atoms with van der Waals surface area (Å²) in [6, 6.07) is 9.12. The van der Waals surface area contributed by atoms with Crippen LogP contribution < -0.4 is 4.74 Å². The van der Waals surface area contributed by atoms with E-state index in [4.69, 9.17) is 4.74 Å². The largest absolute Gasteiger partial charge is 0.481 e. The predicted octanol–water partition coefficient (Wildman–Crippen LogP) is 1.19. The topological polar surface area (TPSA) is 65.2 Å². The first-order chi connectivity index (χ1) is 8.38. The zero-order valence-corrected chi connectivity index (χ0v) is 9.11. The lowest BCUT2D eigenvalue weighted by Crippen LogP contribution is -1.96. The van der Waals surface area contributed by atoms with E-state index in [0.29, 0.717) is 23.0 Å². The summed E-state index contributed by atoms with van der Waals surface area (Å²) in [6.45, 7) is 0. The van der Waals surface area contributed by atoms with E-state index in [9.17, 15) is 0 Å². The number of aromatic nitrogens is 5. The van der Waals surface area contributed by atoms with Gasteiger partial charge in [-0.3, -0.25) is 0 Å². The van der Waals surface area contributed by atoms with Gasteiger partial charge >= 0.3 is 0 Å². The van der Waals surface area contributed by atoms with E-state index in [1.165, 1.54) is 0 Å². The molecule has 0 saturated carbocycles. The second kappa shape index (κ2) is 3.82. The fourth-order valence-electron chi connectivity index (χ4n) is 1.56. The highest BCUT2D eigenvalue weighted by atomic mass is 16.5. The maximum absolute atomic E-state index is 5.08. The van der Waals surface area contributed by atoms with Crippen LogP contribution >= 0.6 is 0 Å². The summed E-state index contributed by atoms with van der Waals surface area (Å²) >= 11 is 0. The average Bonchev–Trinajstić information content (AvgIpc) is 2.82. The van der Waals surface area contributed by atoms with Gasteiger partial charge in [-0.15, -0.1) is 10.2 Å². The van der Waals surface area contributed by atoms with Gasteiger partial charge in [0.05, 0.1) is 7.11 Å². The summed E-state index contributed by atoms with van der Waals surface area (Å²) in [6.07, 6.45) is 1.68. The van der Waals surface area contributed by atoms with Gasteiger partial charge < -0.3 is 4.74 Å². The van der Waals surface area contributed by atoms with Gasteiger partial charge in [-0.05, 0) is 18.2 Å². The Morgan fingerprint density at radius 3 is 2.94 bits per heavy atom. The second-order valence-corrected chi connectivity index (χ2v) is 3.38. The first-order valence-electron chi connectivity index (χ1n) is 5.06. The highest BCUT2D eigenvalue weighted by Gasteiger charge is 2.10. The molecule has 0 aliphatic rings. The standard InChI is InChI=1S/C11H9N5O/c1-17-10-6-2-4-8(13-10)11-15-14-9-5-3-7-12-16(9)11/h2-7H,1H3. The third-order valence-electron chi connectivity index (χ3n) is 2.34. The molecule has 0 radical (unpaired) electrons. The van der Waals surface area contributed by atoms with Gasteiger partial charge in [0.15, 0.2) is 5.65 Å². The molecule has 0 amide bonds. The van der Waals surface area contributed by atoms with Crippen LogP contribution in [0.5, 0.6) is 5.88 Å². The van der Waals surface area contributed by atoms with Crippen LogP contribution in [0, 0.1) is 0 Å². The predicted molar refractivity (Wildman–Crippen MR) is 60.6 cm³/mol. The summed E-state index contributed by atoms with van der Waals surface area (Å²) in [4.78, 5) is 4.30. The molecule has 0 unspecified atom stereocenters. The summed E-state index contributed by atoms with van der Waals surface area (Å²) in [7, 11) is 1.58. The molecule has 3 aromatic heterocycles. The maximum Gasteiger partial charge on any atom is 0.213 e. The molecule has 3 heterocycles. The van der Waals surface area contributed by atoms with Gasteiger partial charge in [0.1, 0.15) is 5.69 Å². The average molecular weight is 227 g/mol. The molecule has 0 N–H and O–H groups in total. The SMILES string of the molecule is COc1cccc(-c2nnc3cccnn23)n1. The van der Waals surface area contributed by atoms with Gasteiger partial charge in [-0.2, -0.15) is 9.61 Å². The Hall–Kier alpha value is -2.50. The quantitative estimate of drug-likeness (QED) is 0.658. The molecule has 17 heavy (non-hydrogen) atoms. The van der Waals surface area contributed by atoms with Crippen molar-refractivity contribution in [1.29, 1.82) is 0 Å². The third kappa shape index (κ3) is 1.59. The summed E-state index contributed by atoms with van der Waals surface area (Å²) in [5.41, 5.74) is 1.36. The van der Waals surface area contributed by atoms with Crippen LogP contribution in [-0.2, 0) is 0 Å². The lowest BCUT2D eigenvalue weighted by molar-refractivity contribution is 0.398. The van der Waals surface area contributed by atoms with E-state index in [1.54, 1.807) is 23.9 Å². The first kappa shape index (κ1) is 9.71. The lowest BCUT2D eigenvalue weighted by Gasteiger charge is -2.01. The van der Waals surface area contributed by atoms with E-state index in [0.717, 1.165) is 0 Å². The Morgan fingerprint density at radius 1 is 1.12 bits per heavy atom. The van der Waals surface area contributed by atoms with Crippen LogP contribution in [0.15, 0.2) is 36.5 Å². The molecule has 0 saturated heterocycles. The minimum Gasteiger partial charge on any atom is -0.481 e. The first-order valence-corrected chi connectivity index (χ1v) is 5.06. The molecule has 0 atom stereocenters. The van der Waals surface area contributed by atoms with E-state index in [-0.39, 0.29) is 0 Å². The Labute approximate surface area is 96.9 Å². The van der Waals surface area contributed by atoms with Crippen molar-refractivity contribution in [3.8, 4) is 17.4 Å². The molecule has 3 rings (SSSR count). The monoisotopic (exact) mass is 227 g/mol. The van der Waals surface area contributed by atoms with Crippen LogP contribution in [0.2, 0.25) is 0 Å². The van der Waals surface area contributed by atoms with Gasteiger partial charge in [-0.25, -0.2) is 4.98 Å². The van der Waals surface area contributed by atoms with E-state index in [2.05, 4.69) is 20.3 Å². The molecule has 0 aliphatic heterocycles. The van der Waals surface area contributed by atoms with Crippen molar-refractivity contribution in [2.45, 2.75) is 0 Å². The lowest BCUT2D eigenvalue weighted by atomic mass is 10.3. The molecule has 6 heteroatoms. The maximum atomic E-state index is 5.08. The molecule has 0 aliphatic carbocycles. The number of ether oxygens (including phenoxy) is 1. The van der Waals surface area contributed by atoms with Gasteiger partial charge in [-0.1, -0.05) is 6.07 Å². The second-order valence-electron chi connectivity index (χ2n) is 3.38. The number of pyridine rings is 1. The zero-order chi connectivity index (χ0) is 11.7. The number of fused-ring (bicyclic) bond motifs is 1. The Morgan fingerprint density at radius 2 is 2.06 bits per heavy atom. The molecule has 6 nitrogen and oxygen atoms in total.